The summed E-state index contributed by atoms with van der Waals surface area (Å²) in [5, 5.41) is 3.02. The summed E-state index contributed by atoms with van der Waals surface area (Å²) in [7, 11) is 0. The molecule has 0 aliphatic carbocycles. The van der Waals surface area contributed by atoms with E-state index < -0.39 is 0 Å². The number of carbonyl (C=O) groups excluding carboxylic acids is 1. The lowest BCUT2D eigenvalue weighted by molar-refractivity contribution is 0.0944. The summed E-state index contributed by atoms with van der Waals surface area (Å²) in [4.78, 5) is 17.3. The van der Waals surface area contributed by atoms with E-state index in [2.05, 4.69) is 46.3 Å². The van der Waals surface area contributed by atoms with E-state index >= 15 is 0 Å². The SMILES string of the molecule is CCOc1ccccc1C(=O)NCCN1CCN(c2cccc(C)c2)CC1. The van der Waals surface area contributed by atoms with Crippen LogP contribution in [0.15, 0.2) is 48.5 Å². The third-order valence-corrected chi connectivity index (χ3v) is 4.88. The molecule has 1 amide bonds. The second-order valence-corrected chi connectivity index (χ2v) is 6.85. The number of hydrogen-bond donors (Lipinski definition) is 1. The molecular weight excluding hydrogens is 338 g/mol. The fourth-order valence-corrected chi connectivity index (χ4v) is 3.41. The molecule has 2 aromatic carbocycles. The normalized spacial score (nSPS) is 14.8. The van der Waals surface area contributed by atoms with Crippen LogP contribution >= 0.6 is 0 Å². The largest absolute Gasteiger partial charge is 0.493 e. The second kappa shape index (κ2) is 9.42. The molecule has 1 fully saturated rings. The summed E-state index contributed by atoms with van der Waals surface area (Å²) < 4.78 is 5.54. The van der Waals surface area contributed by atoms with Crippen molar-refractivity contribution in [3.8, 4) is 5.75 Å². The molecule has 0 bridgehead atoms. The van der Waals surface area contributed by atoms with Gasteiger partial charge in [0.2, 0.25) is 0 Å². The number of hydrogen-bond acceptors (Lipinski definition) is 4. The van der Waals surface area contributed by atoms with Crippen LogP contribution < -0.4 is 15.0 Å². The maximum Gasteiger partial charge on any atom is 0.255 e. The van der Waals surface area contributed by atoms with Gasteiger partial charge in [-0.2, -0.15) is 0 Å². The maximum atomic E-state index is 12.4. The van der Waals surface area contributed by atoms with Gasteiger partial charge in [-0.3, -0.25) is 9.69 Å². The Balaban J connectivity index is 1.43. The summed E-state index contributed by atoms with van der Waals surface area (Å²) in [6.45, 7) is 10.2. The van der Waals surface area contributed by atoms with Crippen LogP contribution in [0.5, 0.6) is 5.75 Å². The molecule has 5 heteroatoms. The number of piperazine rings is 1. The molecule has 0 aromatic heterocycles. The van der Waals surface area contributed by atoms with Gasteiger partial charge in [-0.1, -0.05) is 24.3 Å². The van der Waals surface area contributed by atoms with Crippen molar-refractivity contribution in [3.63, 3.8) is 0 Å². The molecular formula is C22H29N3O2. The number of ether oxygens (including phenoxy) is 1. The van der Waals surface area contributed by atoms with Crippen molar-refractivity contribution in [2.75, 3.05) is 50.8 Å². The van der Waals surface area contributed by atoms with E-state index in [0.29, 0.717) is 24.5 Å². The molecule has 0 radical (unpaired) electrons. The van der Waals surface area contributed by atoms with E-state index in [1.165, 1.54) is 11.3 Å². The molecule has 1 aliphatic rings. The van der Waals surface area contributed by atoms with Crippen molar-refractivity contribution in [2.45, 2.75) is 13.8 Å². The quantitative estimate of drug-likeness (QED) is 0.817. The minimum Gasteiger partial charge on any atom is -0.493 e. The number of carbonyl (C=O) groups is 1. The molecule has 1 aliphatic heterocycles. The molecule has 0 saturated carbocycles. The third-order valence-electron chi connectivity index (χ3n) is 4.88. The molecule has 0 unspecified atom stereocenters. The predicted octanol–water partition coefficient (Wildman–Crippen LogP) is 2.95. The first-order valence-corrected chi connectivity index (χ1v) is 9.71. The summed E-state index contributed by atoms with van der Waals surface area (Å²) in [5.41, 5.74) is 3.20. The number of nitrogens with one attached hydrogen (secondary N) is 1. The first-order chi connectivity index (χ1) is 13.2. The van der Waals surface area contributed by atoms with E-state index in [-0.39, 0.29) is 5.91 Å². The van der Waals surface area contributed by atoms with Gasteiger partial charge in [0.25, 0.3) is 5.91 Å². The Labute approximate surface area is 161 Å². The lowest BCUT2D eigenvalue weighted by Gasteiger charge is -2.36. The van der Waals surface area contributed by atoms with Crippen LogP contribution in [-0.4, -0.2) is 56.7 Å². The Bertz CT molecular complexity index is 755. The van der Waals surface area contributed by atoms with Crippen molar-refractivity contribution in [1.29, 1.82) is 0 Å². The minimum absolute atomic E-state index is 0.0718. The Kier molecular flexibility index (Phi) is 6.71. The summed E-state index contributed by atoms with van der Waals surface area (Å²) in [6, 6.07) is 16.1. The lowest BCUT2D eigenvalue weighted by Crippen LogP contribution is -2.48. The van der Waals surface area contributed by atoms with Crippen LogP contribution in [0.2, 0.25) is 0 Å². The standard InChI is InChI=1S/C22H29N3O2/c1-3-27-21-10-5-4-9-20(21)22(26)23-11-12-24-13-15-25(16-14-24)19-8-6-7-18(2)17-19/h4-10,17H,3,11-16H2,1-2H3,(H,23,26). The summed E-state index contributed by atoms with van der Waals surface area (Å²) in [6.07, 6.45) is 0. The number of benzene rings is 2. The average Bonchev–Trinajstić information content (AvgIpc) is 2.69. The molecule has 3 rings (SSSR count). The highest BCUT2D eigenvalue weighted by molar-refractivity contribution is 5.96. The predicted molar refractivity (Wildman–Crippen MR) is 110 cm³/mol. The molecule has 0 atom stereocenters. The molecule has 1 heterocycles. The zero-order valence-corrected chi connectivity index (χ0v) is 16.3. The number of anilines is 1. The summed E-state index contributed by atoms with van der Waals surface area (Å²) >= 11 is 0. The molecule has 1 N–H and O–H groups in total. The van der Waals surface area contributed by atoms with E-state index in [9.17, 15) is 4.79 Å². The number of para-hydroxylation sites is 1. The van der Waals surface area contributed by atoms with Gasteiger partial charge in [0, 0.05) is 45.0 Å². The molecule has 27 heavy (non-hydrogen) atoms. The zero-order chi connectivity index (χ0) is 19.1. The van der Waals surface area contributed by atoms with Crippen molar-refractivity contribution in [2.24, 2.45) is 0 Å². The van der Waals surface area contributed by atoms with Crippen molar-refractivity contribution < 1.29 is 9.53 Å². The van der Waals surface area contributed by atoms with Gasteiger partial charge in [-0.15, -0.1) is 0 Å². The third kappa shape index (κ3) is 5.23. The Morgan fingerprint density at radius 2 is 1.85 bits per heavy atom. The lowest BCUT2D eigenvalue weighted by atomic mass is 10.2. The van der Waals surface area contributed by atoms with Gasteiger partial charge in [0.1, 0.15) is 5.75 Å². The van der Waals surface area contributed by atoms with Gasteiger partial charge >= 0.3 is 0 Å². The first kappa shape index (κ1) is 19.2. The Hall–Kier alpha value is -2.53. The van der Waals surface area contributed by atoms with Crippen LogP contribution in [0.25, 0.3) is 0 Å². The fraction of sp³-hybridized carbons (Fsp3) is 0.409. The molecule has 2 aromatic rings. The molecule has 144 valence electrons. The topological polar surface area (TPSA) is 44.8 Å². The van der Waals surface area contributed by atoms with E-state index in [0.717, 1.165) is 32.7 Å². The second-order valence-electron chi connectivity index (χ2n) is 6.85. The van der Waals surface area contributed by atoms with Gasteiger partial charge in [0.05, 0.1) is 12.2 Å². The highest BCUT2D eigenvalue weighted by atomic mass is 16.5. The van der Waals surface area contributed by atoms with Crippen molar-refractivity contribution in [1.82, 2.24) is 10.2 Å². The Morgan fingerprint density at radius 3 is 2.59 bits per heavy atom. The van der Waals surface area contributed by atoms with E-state index in [4.69, 9.17) is 4.74 Å². The highest BCUT2D eigenvalue weighted by Gasteiger charge is 2.17. The van der Waals surface area contributed by atoms with Crippen molar-refractivity contribution >= 4 is 11.6 Å². The van der Waals surface area contributed by atoms with Gasteiger partial charge in [-0.25, -0.2) is 0 Å². The average molecular weight is 367 g/mol. The fourth-order valence-electron chi connectivity index (χ4n) is 3.41. The van der Waals surface area contributed by atoms with E-state index in [1.54, 1.807) is 6.07 Å². The number of aryl methyl sites for hydroxylation is 1. The first-order valence-electron chi connectivity index (χ1n) is 9.71. The Morgan fingerprint density at radius 1 is 1.07 bits per heavy atom. The monoisotopic (exact) mass is 367 g/mol. The van der Waals surface area contributed by atoms with Crippen LogP contribution in [0.4, 0.5) is 5.69 Å². The molecule has 5 nitrogen and oxygen atoms in total. The molecule has 0 spiro atoms. The summed E-state index contributed by atoms with van der Waals surface area (Å²) in [5.74, 6) is 0.571. The van der Waals surface area contributed by atoms with Gasteiger partial charge in [-0.05, 0) is 43.7 Å². The van der Waals surface area contributed by atoms with Gasteiger partial charge in [0.15, 0.2) is 0 Å². The van der Waals surface area contributed by atoms with Crippen LogP contribution in [0, 0.1) is 6.92 Å². The van der Waals surface area contributed by atoms with Gasteiger partial charge < -0.3 is 15.0 Å². The highest BCUT2D eigenvalue weighted by Crippen LogP contribution is 2.18. The van der Waals surface area contributed by atoms with Crippen molar-refractivity contribution in [3.05, 3.63) is 59.7 Å². The zero-order valence-electron chi connectivity index (χ0n) is 16.3. The van der Waals surface area contributed by atoms with Crippen LogP contribution in [0.3, 0.4) is 0 Å². The number of amides is 1. The molecule has 1 saturated heterocycles. The maximum absolute atomic E-state index is 12.4. The van der Waals surface area contributed by atoms with Crippen LogP contribution in [0.1, 0.15) is 22.8 Å². The number of rotatable bonds is 7. The number of nitrogens with zero attached hydrogens (tertiary/aromatic N) is 2. The smallest absolute Gasteiger partial charge is 0.255 e. The van der Waals surface area contributed by atoms with Crippen LogP contribution in [-0.2, 0) is 0 Å². The van der Waals surface area contributed by atoms with E-state index in [1.807, 2.05) is 25.1 Å². The minimum atomic E-state index is -0.0718.